The van der Waals surface area contributed by atoms with Crippen molar-refractivity contribution in [1.29, 1.82) is 0 Å². The molecule has 2 N–H and O–H groups in total. The minimum atomic E-state index is -0.541. The number of rotatable bonds is 2. The van der Waals surface area contributed by atoms with Crippen LogP contribution in [0.2, 0.25) is 0 Å². The van der Waals surface area contributed by atoms with Crippen LogP contribution in [0, 0.1) is 0 Å². The Morgan fingerprint density at radius 2 is 2.42 bits per heavy atom. The zero-order valence-electron chi connectivity index (χ0n) is 6.54. The minimum absolute atomic E-state index is 0.242. The Kier molecular flexibility index (Phi) is 2.75. The molecule has 0 unspecified atom stereocenters. The van der Waals surface area contributed by atoms with Gasteiger partial charge in [0.2, 0.25) is 0 Å². The largest absolute Gasteiger partial charge is 0.364 e. The van der Waals surface area contributed by atoms with Crippen molar-refractivity contribution in [1.82, 2.24) is 9.97 Å². The van der Waals surface area contributed by atoms with Crippen LogP contribution in [0.1, 0.15) is 23.1 Å². The zero-order chi connectivity index (χ0) is 9.14. The van der Waals surface area contributed by atoms with Crippen LogP contribution in [0.15, 0.2) is 10.8 Å². The van der Waals surface area contributed by atoms with Crippen molar-refractivity contribution in [3.05, 3.63) is 22.2 Å². The van der Waals surface area contributed by atoms with E-state index in [2.05, 4.69) is 25.9 Å². The van der Waals surface area contributed by atoms with Crippen molar-refractivity contribution in [2.24, 2.45) is 5.73 Å². The summed E-state index contributed by atoms with van der Waals surface area (Å²) < 4.78 is 0.522. The summed E-state index contributed by atoms with van der Waals surface area (Å²) in [5, 5.41) is 0. The van der Waals surface area contributed by atoms with Crippen LogP contribution >= 0.6 is 15.9 Å². The quantitative estimate of drug-likeness (QED) is 0.820. The second-order valence-corrected chi connectivity index (χ2v) is 3.02. The molecular weight excluding hydrogens is 222 g/mol. The summed E-state index contributed by atoms with van der Waals surface area (Å²) in [6.07, 6.45) is 2.20. The molecule has 0 spiro atoms. The Morgan fingerprint density at radius 3 is 2.92 bits per heavy atom. The van der Waals surface area contributed by atoms with Crippen molar-refractivity contribution in [2.45, 2.75) is 13.3 Å². The average molecular weight is 230 g/mol. The van der Waals surface area contributed by atoms with Crippen molar-refractivity contribution in [3.8, 4) is 0 Å². The third kappa shape index (κ3) is 1.79. The van der Waals surface area contributed by atoms with Crippen LogP contribution in [-0.2, 0) is 6.42 Å². The predicted molar refractivity (Wildman–Crippen MR) is 47.6 cm³/mol. The molecule has 64 valence electrons. The molecule has 0 aliphatic rings. The van der Waals surface area contributed by atoms with E-state index in [1.54, 1.807) is 6.20 Å². The molecule has 0 radical (unpaired) electrons. The van der Waals surface area contributed by atoms with Gasteiger partial charge in [-0.05, 0) is 22.4 Å². The van der Waals surface area contributed by atoms with Crippen molar-refractivity contribution in [3.63, 3.8) is 0 Å². The van der Waals surface area contributed by atoms with Gasteiger partial charge < -0.3 is 5.73 Å². The van der Waals surface area contributed by atoms with E-state index in [1.807, 2.05) is 6.92 Å². The van der Waals surface area contributed by atoms with Crippen LogP contribution in [0.5, 0.6) is 0 Å². The average Bonchev–Trinajstić information content (AvgIpc) is 2.04. The number of aromatic nitrogens is 2. The van der Waals surface area contributed by atoms with Crippen LogP contribution in [-0.4, -0.2) is 15.9 Å². The maximum atomic E-state index is 10.8. The summed E-state index contributed by atoms with van der Waals surface area (Å²) in [7, 11) is 0. The van der Waals surface area contributed by atoms with E-state index in [-0.39, 0.29) is 5.69 Å². The van der Waals surface area contributed by atoms with Gasteiger partial charge in [0.25, 0.3) is 5.91 Å². The van der Waals surface area contributed by atoms with Gasteiger partial charge in [0.1, 0.15) is 4.60 Å². The summed E-state index contributed by atoms with van der Waals surface area (Å²) in [6.45, 7) is 1.89. The molecule has 0 atom stereocenters. The number of nitrogens with two attached hydrogens (primary N) is 1. The monoisotopic (exact) mass is 229 g/mol. The molecule has 0 aromatic carbocycles. The van der Waals surface area contributed by atoms with E-state index in [9.17, 15) is 4.79 Å². The van der Waals surface area contributed by atoms with Crippen molar-refractivity contribution >= 4 is 21.8 Å². The highest BCUT2D eigenvalue weighted by molar-refractivity contribution is 9.10. The maximum absolute atomic E-state index is 10.8. The number of hydrogen-bond donors (Lipinski definition) is 1. The van der Waals surface area contributed by atoms with Gasteiger partial charge in [0.15, 0.2) is 5.69 Å². The van der Waals surface area contributed by atoms with E-state index in [0.717, 1.165) is 0 Å². The van der Waals surface area contributed by atoms with Crippen LogP contribution in [0.3, 0.4) is 0 Å². The van der Waals surface area contributed by atoms with E-state index >= 15 is 0 Å². The Labute approximate surface area is 78.3 Å². The summed E-state index contributed by atoms with van der Waals surface area (Å²) in [5.74, 6) is -0.541. The van der Waals surface area contributed by atoms with E-state index in [1.165, 1.54) is 0 Å². The fraction of sp³-hybridized carbons (Fsp3) is 0.286. The lowest BCUT2D eigenvalue weighted by atomic mass is 10.2. The molecule has 1 aromatic rings. The molecule has 0 bridgehead atoms. The Bertz CT molecular complexity index is 314. The first-order valence-electron chi connectivity index (χ1n) is 3.46. The number of nitrogens with zero attached hydrogens (tertiary/aromatic N) is 2. The number of carbonyl (C=O) groups excluding carboxylic acids is 1. The van der Waals surface area contributed by atoms with Gasteiger partial charge in [-0.3, -0.25) is 9.78 Å². The third-order valence-corrected chi connectivity index (χ3v) is 1.77. The SMILES string of the molecule is CCc1ncc(Br)nc1C(N)=O. The summed E-state index contributed by atoms with van der Waals surface area (Å²) in [5.41, 5.74) is 5.97. The van der Waals surface area contributed by atoms with E-state index in [0.29, 0.717) is 16.7 Å². The second kappa shape index (κ2) is 3.62. The maximum Gasteiger partial charge on any atom is 0.269 e. The van der Waals surface area contributed by atoms with Crippen LogP contribution in [0.25, 0.3) is 0 Å². The molecule has 1 rings (SSSR count). The van der Waals surface area contributed by atoms with Gasteiger partial charge in [-0.2, -0.15) is 0 Å². The first kappa shape index (κ1) is 9.12. The number of hydrogen-bond acceptors (Lipinski definition) is 3. The molecule has 12 heavy (non-hydrogen) atoms. The molecule has 0 saturated heterocycles. The van der Waals surface area contributed by atoms with Crippen LogP contribution < -0.4 is 5.73 Å². The van der Waals surface area contributed by atoms with Gasteiger partial charge in [0, 0.05) is 0 Å². The highest BCUT2D eigenvalue weighted by atomic mass is 79.9. The Morgan fingerprint density at radius 1 is 1.75 bits per heavy atom. The molecule has 5 heteroatoms. The third-order valence-electron chi connectivity index (χ3n) is 1.39. The van der Waals surface area contributed by atoms with Gasteiger partial charge >= 0.3 is 0 Å². The lowest BCUT2D eigenvalue weighted by Gasteiger charge is -2.01. The fourth-order valence-electron chi connectivity index (χ4n) is 0.849. The molecular formula is C7H8BrN3O. The Balaban J connectivity index is 3.21. The Hall–Kier alpha value is -0.970. The van der Waals surface area contributed by atoms with Crippen molar-refractivity contribution < 1.29 is 4.79 Å². The molecule has 0 saturated carbocycles. The molecule has 1 amide bonds. The highest BCUT2D eigenvalue weighted by Gasteiger charge is 2.09. The van der Waals surface area contributed by atoms with Gasteiger partial charge in [-0.1, -0.05) is 6.92 Å². The highest BCUT2D eigenvalue weighted by Crippen LogP contribution is 2.08. The second-order valence-electron chi connectivity index (χ2n) is 2.21. The first-order valence-corrected chi connectivity index (χ1v) is 4.25. The number of primary amides is 1. The molecule has 0 fully saturated rings. The van der Waals surface area contributed by atoms with E-state index in [4.69, 9.17) is 5.73 Å². The molecule has 0 aliphatic carbocycles. The summed E-state index contributed by atoms with van der Waals surface area (Å²) in [6, 6.07) is 0. The topological polar surface area (TPSA) is 68.9 Å². The number of amides is 1. The standard InChI is InChI=1S/C7H8BrN3O/c1-2-4-6(7(9)12)11-5(8)3-10-4/h3H,2H2,1H3,(H2,9,12). The normalized spacial score (nSPS) is 9.83. The van der Waals surface area contributed by atoms with Gasteiger partial charge in [-0.15, -0.1) is 0 Å². The zero-order valence-corrected chi connectivity index (χ0v) is 8.13. The first-order chi connectivity index (χ1) is 5.65. The number of aryl methyl sites for hydroxylation is 1. The van der Waals surface area contributed by atoms with E-state index < -0.39 is 5.91 Å². The van der Waals surface area contributed by atoms with Gasteiger partial charge in [0.05, 0.1) is 11.9 Å². The van der Waals surface area contributed by atoms with Gasteiger partial charge in [-0.25, -0.2) is 4.98 Å². The summed E-state index contributed by atoms with van der Waals surface area (Å²) >= 11 is 3.11. The molecule has 1 heterocycles. The number of halogens is 1. The fourth-order valence-corrected chi connectivity index (χ4v) is 1.13. The van der Waals surface area contributed by atoms with Crippen molar-refractivity contribution in [2.75, 3.05) is 0 Å². The summed E-state index contributed by atoms with van der Waals surface area (Å²) in [4.78, 5) is 18.8. The minimum Gasteiger partial charge on any atom is -0.364 e. The molecule has 0 aliphatic heterocycles. The smallest absolute Gasteiger partial charge is 0.269 e. The van der Waals surface area contributed by atoms with Crippen LogP contribution in [0.4, 0.5) is 0 Å². The lowest BCUT2D eigenvalue weighted by molar-refractivity contribution is 0.0994. The predicted octanol–water partition coefficient (Wildman–Crippen LogP) is 0.900. The molecule has 4 nitrogen and oxygen atoms in total. The molecule has 1 aromatic heterocycles. The number of carbonyl (C=O) groups is 1. The lowest BCUT2D eigenvalue weighted by Crippen LogP contribution is -2.16.